The number of ether oxygens (including phenoxy) is 3. The third-order valence-corrected chi connectivity index (χ3v) is 14.4. The molecule has 5 aliphatic rings. The maximum atomic E-state index is 13.6. The van der Waals surface area contributed by atoms with Gasteiger partial charge in [0, 0.05) is 35.0 Å². The van der Waals surface area contributed by atoms with Gasteiger partial charge in [0.1, 0.15) is 5.75 Å². The molecule has 11 heteroatoms. The SMILES string of the molecule is CC[C@@H]1CCCC[C@H]([C@H]2OC[C@H](N(C)C)CO2)[C@H]2CC[C@H]2CN2C[C@@]3(CCCc4cc(Cl)ccc43)COc3ccc(cc32)C(=O)NS1(=O)=O. The number of carbonyl (C=O) groups excluding carboxylic acids is 1. The normalized spacial score (nSPS) is 33.4. The van der Waals surface area contributed by atoms with Crippen LogP contribution in [0.3, 0.4) is 0 Å². The number of aryl methyl sites for hydroxylation is 1. The van der Waals surface area contributed by atoms with Crippen molar-refractivity contribution in [2.45, 2.75) is 94.1 Å². The second-order valence-electron chi connectivity index (χ2n) is 15.4. The topological polar surface area (TPSA) is 97.4 Å². The Hall–Kier alpha value is -2.37. The summed E-state index contributed by atoms with van der Waals surface area (Å²) in [6, 6.07) is 11.9. The lowest BCUT2D eigenvalue weighted by Gasteiger charge is -2.49. The van der Waals surface area contributed by atoms with Gasteiger partial charge in [-0.3, -0.25) is 4.79 Å². The summed E-state index contributed by atoms with van der Waals surface area (Å²) in [6.45, 7) is 5.25. The van der Waals surface area contributed by atoms with E-state index in [9.17, 15) is 13.2 Å². The summed E-state index contributed by atoms with van der Waals surface area (Å²) in [5.41, 5.74) is 3.51. The summed E-state index contributed by atoms with van der Waals surface area (Å²) in [6.07, 6.45) is 8.53. The van der Waals surface area contributed by atoms with Crippen LogP contribution in [0.4, 0.5) is 5.69 Å². The van der Waals surface area contributed by atoms with Crippen LogP contribution in [0.15, 0.2) is 36.4 Å². The van der Waals surface area contributed by atoms with Gasteiger partial charge in [-0.2, -0.15) is 0 Å². The second kappa shape index (κ2) is 14.3. The fourth-order valence-electron chi connectivity index (χ4n) is 9.13. The molecule has 49 heavy (non-hydrogen) atoms. The number of hydrogen-bond donors (Lipinski definition) is 1. The van der Waals surface area contributed by atoms with Crippen molar-refractivity contribution in [2.75, 3.05) is 51.9 Å². The number of hydrogen-bond acceptors (Lipinski definition) is 8. The first kappa shape index (κ1) is 35.1. The van der Waals surface area contributed by atoms with E-state index in [1.165, 1.54) is 11.1 Å². The van der Waals surface area contributed by atoms with Crippen LogP contribution in [0.2, 0.25) is 5.02 Å². The monoisotopic (exact) mass is 713 g/mol. The maximum absolute atomic E-state index is 13.6. The highest BCUT2D eigenvalue weighted by molar-refractivity contribution is 7.90. The third kappa shape index (κ3) is 7.10. The molecule has 1 saturated carbocycles. The van der Waals surface area contributed by atoms with Gasteiger partial charge in [0.2, 0.25) is 10.0 Å². The standard InChI is InChI=1S/C38H52ClN3O6S/c1-4-30-9-5-6-10-32(37-46-21-29(22-47-37)41(2)3)31-14-11-27(31)20-42-23-38(17-7-8-25-18-28(39)13-15-33(25)38)24-48-35-16-12-26(19-34(35)42)36(43)40-49(30,44)45/h12-13,15-16,18-19,27,29-32,37H,4-11,14,17,20-24H2,1-3H3,(H,40,43)/t27-,29-,30+,31-,32-,37-,38-/m0/s1. The van der Waals surface area contributed by atoms with Crippen LogP contribution in [0.1, 0.15) is 86.2 Å². The summed E-state index contributed by atoms with van der Waals surface area (Å²) < 4.78 is 49.0. The van der Waals surface area contributed by atoms with Crippen molar-refractivity contribution >= 4 is 33.2 Å². The first-order chi connectivity index (χ1) is 23.6. The summed E-state index contributed by atoms with van der Waals surface area (Å²) in [5, 5.41) is 0.115. The Morgan fingerprint density at radius 3 is 2.53 bits per heavy atom. The van der Waals surface area contributed by atoms with Gasteiger partial charge in [0.05, 0.1) is 36.8 Å². The van der Waals surface area contributed by atoms with Gasteiger partial charge in [-0.05, 0) is 119 Å². The summed E-state index contributed by atoms with van der Waals surface area (Å²) in [5.74, 6) is 1.22. The van der Waals surface area contributed by atoms with Crippen molar-refractivity contribution in [1.29, 1.82) is 0 Å². The highest BCUT2D eigenvalue weighted by atomic mass is 35.5. The van der Waals surface area contributed by atoms with E-state index in [-0.39, 0.29) is 23.7 Å². The number of halogens is 1. The molecule has 0 aromatic heterocycles. The lowest BCUT2D eigenvalue weighted by Crippen LogP contribution is -2.52. The fraction of sp³-hybridized carbons (Fsp3) is 0.658. The van der Waals surface area contributed by atoms with Crippen LogP contribution in [0, 0.1) is 17.8 Å². The van der Waals surface area contributed by atoms with E-state index in [2.05, 4.69) is 40.7 Å². The second-order valence-corrected chi connectivity index (χ2v) is 17.8. The predicted octanol–water partition coefficient (Wildman–Crippen LogP) is 6.17. The van der Waals surface area contributed by atoms with E-state index in [0.717, 1.165) is 80.9 Å². The lowest BCUT2D eigenvalue weighted by molar-refractivity contribution is -0.240. The molecular formula is C38H52ClN3O6S. The van der Waals surface area contributed by atoms with Crippen LogP contribution in [0.25, 0.3) is 0 Å². The zero-order chi connectivity index (χ0) is 34.3. The number of sulfonamides is 1. The van der Waals surface area contributed by atoms with E-state index in [0.29, 0.717) is 50.1 Å². The number of carbonyl (C=O) groups is 1. The molecule has 3 aliphatic heterocycles. The first-order valence-electron chi connectivity index (χ1n) is 18.3. The minimum Gasteiger partial charge on any atom is -0.490 e. The molecule has 1 amide bonds. The molecular weight excluding hydrogens is 662 g/mol. The molecule has 3 heterocycles. The number of benzene rings is 2. The lowest BCUT2D eigenvalue weighted by atomic mass is 9.64. The minimum absolute atomic E-state index is 0.228. The van der Waals surface area contributed by atoms with Crippen LogP contribution in [0.5, 0.6) is 5.75 Å². The molecule has 1 saturated heterocycles. The Morgan fingerprint density at radius 2 is 1.80 bits per heavy atom. The van der Waals surface area contributed by atoms with Crippen LogP contribution in [-0.4, -0.2) is 83.8 Å². The average Bonchev–Trinajstić information content (AvgIpc) is 3.22. The fourth-order valence-corrected chi connectivity index (χ4v) is 10.8. The summed E-state index contributed by atoms with van der Waals surface area (Å²) >= 11 is 6.47. The molecule has 2 aromatic carbocycles. The largest absolute Gasteiger partial charge is 0.490 e. The highest BCUT2D eigenvalue weighted by Gasteiger charge is 2.46. The number of nitrogens with one attached hydrogen (secondary N) is 1. The molecule has 2 aromatic rings. The molecule has 5 atom stereocenters. The maximum Gasteiger partial charge on any atom is 0.264 e. The molecule has 2 bridgehead atoms. The molecule has 0 radical (unpaired) electrons. The Kier molecular flexibility index (Phi) is 10.3. The molecule has 268 valence electrons. The summed E-state index contributed by atoms with van der Waals surface area (Å²) in [4.78, 5) is 18.2. The van der Waals surface area contributed by atoms with E-state index in [1.54, 1.807) is 6.07 Å². The molecule has 7 rings (SSSR count). The Balaban J connectivity index is 1.26. The van der Waals surface area contributed by atoms with Crippen molar-refractivity contribution in [2.24, 2.45) is 17.8 Å². The van der Waals surface area contributed by atoms with Gasteiger partial charge < -0.3 is 24.0 Å². The quantitative estimate of drug-likeness (QED) is 0.404. The molecule has 2 aliphatic carbocycles. The van der Waals surface area contributed by atoms with Crippen LogP contribution < -0.4 is 14.4 Å². The van der Waals surface area contributed by atoms with Gasteiger partial charge in [0.15, 0.2) is 6.29 Å². The van der Waals surface area contributed by atoms with Crippen molar-refractivity contribution in [3.63, 3.8) is 0 Å². The predicted molar refractivity (Wildman–Crippen MR) is 192 cm³/mol. The molecule has 0 unspecified atom stereocenters. The van der Waals surface area contributed by atoms with Crippen molar-refractivity contribution < 1.29 is 27.4 Å². The number of likely N-dealkylation sites (N-methyl/N-ethyl adjacent to an activating group) is 1. The van der Waals surface area contributed by atoms with Crippen molar-refractivity contribution in [3.8, 4) is 5.75 Å². The number of nitrogens with zero attached hydrogens (tertiary/aromatic N) is 2. The smallest absolute Gasteiger partial charge is 0.264 e. The molecule has 2 fully saturated rings. The molecule has 1 N–H and O–H groups in total. The van der Waals surface area contributed by atoms with Gasteiger partial charge in [0.25, 0.3) is 5.91 Å². The zero-order valence-corrected chi connectivity index (χ0v) is 30.7. The van der Waals surface area contributed by atoms with Crippen molar-refractivity contribution in [1.82, 2.24) is 9.62 Å². The minimum atomic E-state index is -3.87. The molecule has 1 spiro atoms. The van der Waals surface area contributed by atoms with Crippen LogP contribution >= 0.6 is 11.6 Å². The van der Waals surface area contributed by atoms with Gasteiger partial charge >= 0.3 is 0 Å². The zero-order valence-electron chi connectivity index (χ0n) is 29.2. The van der Waals surface area contributed by atoms with Gasteiger partial charge in [-0.25, -0.2) is 13.1 Å². The number of anilines is 1. The number of rotatable bonds is 3. The number of fused-ring (bicyclic) bond motifs is 4. The van der Waals surface area contributed by atoms with Gasteiger partial charge in [-0.1, -0.05) is 37.4 Å². The van der Waals surface area contributed by atoms with E-state index < -0.39 is 21.2 Å². The van der Waals surface area contributed by atoms with E-state index in [4.69, 9.17) is 25.8 Å². The third-order valence-electron chi connectivity index (χ3n) is 12.2. The Morgan fingerprint density at radius 1 is 1.00 bits per heavy atom. The van der Waals surface area contributed by atoms with Gasteiger partial charge in [-0.15, -0.1) is 0 Å². The van der Waals surface area contributed by atoms with Crippen LogP contribution in [-0.2, 0) is 31.3 Å². The Labute approximate surface area is 297 Å². The number of amides is 1. The van der Waals surface area contributed by atoms with E-state index in [1.807, 2.05) is 25.1 Å². The molecule has 9 nitrogen and oxygen atoms in total. The highest BCUT2D eigenvalue weighted by Crippen LogP contribution is 2.49. The first-order valence-corrected chi connectivity index (χ1v) is 20.3. The summed E-state index contributed by atoms with van der Waals surface area (Å²) in [7, 11) is 0.259. The average molecular weight is 714 g/mol. The van der Waals surface area contributed by atoms with E-state index >= 15 is 0 Å². The Bertz CT molecular complexity index is 1630. The van der Waals surface area contributed by atoms with Crippen molar-refractivity contribution in [3.05, 3.63) is 58.1 Å².